The van der Waals surface area contributed by atoms with Crippen molar-refractivity contribution in [3.05, 3.63) is 42.0 Å². The number of rotatable bonds is 2. The lowest BCUT2D eigenvalue weighted by Crippen LogP contribution is -2.13. The molecule has 6 heteroatoms. The first-order chi connectivity index (χ1) is 8.06. The summed E-state index contributed by atoms with van der Waals surface area (Å²) in [5.41, 5.74) is 6.13. The Morgan fingerprint density at radius 1 is 1.53 bits per heavy atom. The summed E-state index contributed by atoms with van der Waals surface area (Å²) >= 11 is 0. The summed E-state index contributed by atoms with van der Waals surface area (Å²) in [5.74, 6) is -1.18. The number of aryl methyl sites for hydroxylation is 1. The normalized spacial score (nSPS) is 10.2. The molecule has 0 spiro atoms. The maximum atomic E-state index is 13.4. The maximum absolute atomic E-state index is 13.4. The molecule has 0 radical (unpaired) electrons. The minimum absolute atomic E-state index is 0.0527. The van der Waals surface area contributed by atoms with E-state index in [0.717, 1.165) is 6.07 Å². The molecule has 1 amide bonds. The predicted octanol–water partition coefficient (Wildman–Crippen LogP) is 1.39. The quantitative estimate of drug-likeness (QED) is 0.771. The van der Waals surface area contributed by atoms with Gasteiger partial charge in [-0.25, -0.2) is 4.39 Å². The van der Waals surface area contributed by atoms with Crippen LogP contribution in [0.5, 0.6) is 0 Å². The fraction of sp³-hybridized carbons (Fsp3) is 0.0909. The van der Waals surface area contributed by atoms with Crippen molar-refractivity contribution < 1.29 is 9.18 Å². The van der Waals surface area contributed by atoms with Crippen LogP contribution >= 0.6 is 0 Å². The average Bonchev–Trinajstić information content (AvgIpc) is 2.63. The Morgan fingerprint density at radius 3 is 2.88 bits per heavy atom. The number of carbonyl (C=O) groups excluding carboxylic acids is 1. The van der Waals surface area contributed by atoms with Gasteiger partial charge >= 0.3 is 0 Å². The van der Waals surface area contributed by atoms with Crippen LogP contribution in [0.25, 0.3) is 0 Å². The highest BCUT2D eigenvalue weighted by Gasteiger charge is 2.12. The van der Waals surface area contributed by atoms with Gasteiger partial charge in [-0.2, -0.15) is 5.10 Å². The molecule has 0 aliphatic rings. The SMILES string of the molecule is Cn1cc(NC(=O)c2ccc(N)cc2F)cn1. The standard InChI is InChI=1S/C11H11FN4O/c1-16-6-8(5-14-16)15-11(17)9-3-2-7(13)4-10(9)12/h2-6H,13H2,1H3,(H,15,17). The summed E-state index contributed by atoms with van der Waals surface area (Å²) in [7, 11) is 1.72. The molecule has 3 N–H and O–H groups in total. The van der Waals surface area contributed by atoms with Crippen molar-refractivity contribution in [2.75, 3.05) is 11.1 Å². The van der Waals surface area contributed by atoms with Crippen LogP contribution in [0.4, 0.5) is 15.8 Å². The second-order valence-electron chi connectivity index (χ2n) is 3.60. The van der Waals surface area contributed by atoms with Crippen molar-refractivity contribution in [1.82, 2.24) is 9.78 Å². The fourth-order valence-corrected chi connectivity index (χ4v) is 1.40. The van der Waals surface area contributed by atoms with Crippen molar-refractivity contribution in [3.63, 3.8) is 0 Å². The van der Waals surface area contributed by atoms with Crippen LogP contribution in [-0.2, 0) is 7.05 Å². The van der Waals surface area contributed by atoms with Crippen molar-refractivity contribution in [1.29, 1.82) is 0 Å². The van der Waals surface area contributed by atoms with Gasteiger partial charge in [-0.15, -0.1) is 0 Å². The van der Waals surface area contributed by atoms with E-state index >= 15 is 0 Å². The summed E-state index contributed by atoms with van der Waals surface area (Å²) in [5, 5.41) is 6.42. The molecule has 0 saturated carbocycles. The molecule has 1 aromatic heterocycles. The van der Waals surface area contributed by atoms with Crippen LogP contribution in [0.1, 0.15) is 10.4 Å². The van der Waals surface area contributed by atoms with Gasteiger partial charge in [0.15, 0.2) is 0 Å². The predicted molar refractivity (Wildman–Crippen MR) is 62.0 cm³/mol. The molecule has 1 aromatic carbocycles. The second kappa shape index (κ2) is 4.25. The molecule has 0 bridgehead atoms. The molecular formula is C11H11FN4O. The molecule has 2 rings (SSSR count). The van der Waals surface area contributed by atoms with E-state index in [-0.39, 0.29) is 11.3 Å². The molecule has 0 aliphatic heterocycles. The van der Waals surface area contributed by atoms with Gasteiger partial charge in [0.25, 0.3) is 5.91 Å². The summed E-state index contributed by atoms with van der Waals surface area (Å²) in [6, 6.07) is 3.93. The molecule has 0 atom stereocenters. The number of nitrogens with two attached hydrogens (primary N) is 1. The maximum Gasteiger partial charge on any atom is 0.258 e. The molecule has 88 valence electrons. The zero-order valence-corrected chi connectivity index (χ0v) is 9.14. The van der Waals surface area contributed by atoms with Crippen LogP contribution in [0.15, 0.2) is 30.6 Å². The number of hydrogen-bond acceptors (Lipinski definition) is 3. The minimum atomic E-state index is -0.647. The summed E-state index contributed by atoms with van der Waals surface area (Å²) in [6.45, 7) is 0. The Hall–Kier alpha value is -2.37. The molecular weight excluding hydrogens is 223 g/mol. The number of amides is 1. The molecule has 0 aliphatic carbocycles. The number of aromatic nitrogens is 2. The largest absolute Gasteiger partial charge is 0.399 e. The highest BCUT2D eigenvalue weighted by Crippen LogP contribution is 2.14. The Morgan fingerprint density at radius 2 is 2.29 bits per heavy atom. The van der Waals surface area contributed by atoms with Crippen LogP contribution in [-0.4, -0.2) is 15.7 Å². The van der Waals surface area contributed by atoms with E-state index in [2.05, 4.69) is 10.4 Å². The van der Waals surface area contributed by atoms with Crippen LogP contribution < -0.4 is 11.1 Å². The van der Waals surface area contributed by atoms with Gasteiger partial charge in [0, 0.05) is 18.9 Å². The van der Waals surface area contributed by atoms with E-state index < -0.39 is 11.7 Å². The molecule has 0 unspecified atom stereocenters. The van der Waals surface area contributed by atoms with Gasteiger partial charge in [-0.05, 0) is 18.2 Å². The van der Waals surface area contributed by atoms with E-state index in [4.69, 9.17) is 5.73 Å². The number of nitrogens with one attached hydrogen (secondary N) is 1. The van der Waals surface area contributed by atoms with E-state index in [1.165, 1.54) is 23.0 Å². The number of carbonyl (C=O) groups is 1. The molecule has 5 nitrogen and oxygen atoms in total. The third-order valence-electron chi connectivity index (χ3n) is 2.20. The first-order valence-electron chi connectivity index (χ1n) is 4.91. The Labute approximate surface area is 97.0 Å². The molecule has 17 heavy (non-hydrogen) atoms. The van der Waals surface area contributed by atoms with Crippen LogP contribution in [0.3, 0.4) is 0 Å². The lowest BCUT2D eigenvalue weighted by molar-refractivity contribution is 0.102. The lowest BCUT2D eigenvalue weighted by atomic mass is 10.2. The first kappa shape index (κ1) is 11.1. The van der Waals surface area contributed by atoms with Crippen molar-refractivity contribution in [2.24, 2.45) is 7.05 Å². The van der Waals surface area contributed by atoms with Crippen LogP contribution in [0.2, 0.25) is 0 Å². The highest BCUT2D eigenvalue weighted by atomic mass is 19.1. The Bertz CT molecular complexity index is 564. The second-order valence-corrected chi connectivity index (χ2v) is 3.60. The van der Waals surface area contributed by atoms with Crippen molar-refractivity contribution in [2.45, 2.75) is 0 Å². The molecule has 0 fully saturated rings. The van der Waals surface area contributed by atoms with E-state index in [1.807, 2.05) is 0 Å². The van der Waals surface area contributed by atoms with Gasteiger partial charge in [0.05, 0.1) is 17.4 Å². The van der Waals surface area contributed by atoms with E-state index in [9.17, 15) is 9.18 Å². The van der Waals surface area contributed by atoms with Gasteiger partial charge in [0.2, 0.25) is 0 Å². The van der Waals surface area contributed by atoms with E-state index in [0.29, 0.717) is 5.69 Å². The van der Waals surface area contributed by atoms with Crippen molar-refractivity contribution in [3.8, 4) is 0 Å². The molecule has 1 heterocycles. The number of hydrogen-bond donors (Lipinski definition) is 2. The van der Waals surface area contributed by atoms with Gasteiger partial charge in [-0.1, -0.05) is 0 Å². The van der Waals surface area contributed by atoms with Gasteiger partial charge in [0.1, 0.15) is 5.82 Å². The van der Waals surface area contributed by atoms with Gasteiger partial charge < -0.3 is 11.1 Å². The monoisotopic (exact) mass is 234 g/mol. The summed E-state index contributed by atoms with van der Waals surface area (Å²) in [4.78, 5) is 11.7. The Balaban J connectivity index is 2.20. The average molecular weight is 234 g/mol. The summed E-state index contributed by atoms with van der Waals surface area (Å²) in [6.07, 6.45) is 3.10. The zero-order chi connectivity index (χ0) is 12.4. The number of anilines is 2. The Kier molecular flexibility index (Phi) is 2.78. The molecule has 2 aromatic rings. The number of halogens is 1. The smallest absolute Gasteiger partial charge is 0.258 e. The third kappa shape index (κ3) is 2.41. The number of nitrogens with zero attached hydrogens (tertiary/aromatic N) is 2. The number of benzene rings is 1. The molecule has 0 saturated heterocycles. The first-order valence-corrected chi connectivity index (χ1v) is 4.91. The van der Waals surface area contributed by atoms with Crippen molar-refractivity contribution >= 4 is 17.3 Å². The van der Waals surface area contributed by atoms with Crippen LogP contribution in [0, 0.1) is 5.82 Å². The topological polar surface area (TPSA) is 72.9 Å². The van der Waals surface area contributed by atoms with Gasteiger partial charge in [-0.3, -0.25) is 9.48 Å². The lowest BCUT2D eigenvalue weighted by Gasteiger charge is -2.04. The van der Waals surface area contributed by atoms with E-state index in [1.54, 1.807) is 13.2 Å². The highest BCUT2D eigenvalue weighted by molar-refractivity contribution is 6.04. The zero-order valence-electron chi connectivity index (χ0n) is 9.14. The summed E-state index contributed by atoms with van der Waals surface area (Å²) < 4.78 is 15.0. The minimum Gasteiger partial charge on any atom is -0.399 e. The number of nitrogen functional groups attached to an aromatic ring is 1. The third-order valence-corrected chi connectivity index (χ3v) is 2.20. The fourth-order valence-electron chi connectivity index (χ4n) is 1.40.